The number of esters is 1. The molecule has 0 fully saturated rings. The number of hydrogen-bond donors (Lipinski definition) is 1. The SMILES string of the molecule is CCOC(=O)C1=C(C)NC2=C(C(=O)C[C@@H](c3ccc(OC)c(OC)c3)C2)[C@@H]1c1cccc(C)c1. The lowest BCUT2D eigenvalue weighted by atomic mass is 9.71. The van der Waals surface area contributed by atoms with Crippen LogP contribution in [-0.4, -0.2) is 32.6 Å². The van der Waals surface area contributed by atoms with E-state index < -0.39 is 5.92 Å². The minimum absolute atomic E-state index is 0.00587. The van der Waals surface area contributed by atoms with Crippen molar-refractivity contribution in [3.05, 3.63) is 81.7 Å². The number of ketones is 1. The second kappa shape index (κ2) is 9.75. The van der Waals surface area contributed by atoms with E-state index >= 15 is 0 Å². The van der Waals surface area contributed by atoms with Crippen LogP contribution in [0.5, 0.6) is 11.5 Å². The molecule has 6 nitrogen and oxygen atoms in total. The number of allylic oxidation sites excluding steroid dienone is 3. The fourth-order valence-electron chi connectivity index (χ4n) is 5.04. The molecule has 1 heterocycles. The van der Waals surface area contributed by atoms with E-state index in [1.807, 2.05) is 56.3 Å². The maximum absolute atomic E-state index is 13.7. The lowest BCUT2D eigenvalue weighted by Gasteiger charge is -2.36. The minimum atomic E-state index is -0.450. The zero-order valence-corrected chi connectivity index (χ0v) is 20.4. The summed E-state index contributed by atoms with van der Waals surface area (Å²) in [6.07, 6.45) is 1.01. The van der Waals surface area contributed by atoms with Gasteiger partial charge in [-0.15, -0.1) is 0 Å². The molecule has 1 N–H and O–H groups in total. The monoisotopic (exact) mass is 461 g/mol. The molecule has 178 valence electrons. The number of benzene rings is 2. The van der Waals surface area contributed by atoms with Gasteiger partial charge in [0, 0.05) is 29.3 Å². The van der Waals surface area contributed by atoms with Crippen molar-refractivity contribution < 1.29 is 23.8 Å². The van der Waals surface area contributed by atoms with Crippen LogP contribution in [0, 0.1) is 6.92 Å². The standard InChI is InChI=1S/C28H31NO5/c1-6-34-28(31)25-17(3)29-21-13-20(18-10-11-23(32-4)24(15-18)33-5)14-22(30)27(21)26(25)19-9-7-8-16(2)12-19/h7-12,15,20,26,29H,6,13-14H2,1-5H3/t20-,26+/m0/s1. The predicted molar refractivity (Wildman–Crippen MR) is 130 cm³/mol. The van der Waals surface area contributed by atoms with E-state index in [1.54, 1.807) is 21.1 Å². The van der Waals surface area contributed by atoms with Gasteiger partial charge in [0.2, 0.25) is 0 Å². The van der Waals surface area contributed by atoms with Crippen molar-refractivity contribution in [2.75, 3.05) is 20.8 Å². The molecule has 2 aliphatic rings. The maximum atomic E-state index is 13.7. The summed E-state index contributed by atoms with van der Waals surface area (Å²) in [5, 5.41) is 3.38. The van der Waals surface area contributed by atoms with Gasteiger partial charge in [-0.3, -0.25) is 4.79 Å². The Hall–Kier alpha value is -3.54. The topological polar surface area (TPSA) is 73.9 Å². The lowest BCUT2D eigenvalue weighted by Crippen LogP contribution is -2.36. The Morgan fingerprint density at radius 3 is 2.44 bits per heavy atom. The minimum Gasteiger partial charge on any atom is -0.493 e. The van der Waals surface area contributed by atoms with Crippen molar-refractivity contribution in [1.82, 2.24) is 5.32 Å². The molecular weight excluding hydrogens is 430 g/mol. The molecule has 0 unspecified atom stereocenters. The molecule has 1 aliphatic heterocycles. The second-order valence-corrected chi connectivity index (χ2v) is 8.77. The van der Waals surface area contributed by atoms with E-state index in [2.05, 4.69) is 5.32 Å². The van der Waals surface area contributed by atoms with Crippen molar-refractivity contribution in [3.63, 3.8) is 0 Å². The molecule has 6 heteroatoms. The number of rotatable bonds is 6. The van der Waals surface area contributed by atoms with Crippen molar-refractivity contribution in [2.45, 2.75) is 45.4 Å². The van der Waals surface area contributed by atoms with Crippen molar-refractivity contribution in [2.24, 2.45) is 0 Å². The molecular formula is C28H31NO5. The van der Waals surface area contributed by atoms with Crippen molar-refractivity contribution in [1.29, 1.82) is 0 Å². The summed E-state index contributed by atoms with van der Waals surface area (Å²) in [5.74, 6) is 0.487. The fourth-order valence-corrected chi connectivity index (χ4v) is 5.04. The van der Waals surface area contributed by atoms with Gasteiger partial charge in [-0.2, -0.15) is 0 Å². The summed E-state index contributed by atoms with van der Waals surface area (Å²) in [6, 6.07) is 13.8. The third kappa shape index (κ3) is 4.32. The molecule has 1 aliphatic carbocycles. The zero-order valence-electron chi connectivity index (χ0n) is 20.4. The molecule has 0 bridgehead atoms. The van der Waals surface area contributed by atoms with Crippen LogP contribution in [0.4, 0.5) is 0 Å². The van der Waals surface area contributed by atoms with Gasteiger partial charge in [0.25, 0.3) is 0 Å². The molecule has 4 rings (SSSR count). The number of carbonyl (C=O) groups is 2. The lowest BCUT2D eigenvalue weighted by molar-refractivity contribution is -0.138. The highest BCUT2D eigenvalue weighted by Crippen LogP contribution is 2.46. The average Bonchev–Trinajstić information content (AvgIpc) is 2.82. The number of hydrogen-bond acceptors (Lipinski definition) is 6. The Balaban J connectivity index is 1.78. The highest BCUT2D eigenvalue weighted by atomic mass is 16.5. The van der Waals surface area contributed by atoms with Crippen molar-refractivity contribution in [3.8, 4) is 11.5 Å². The maximum Gasteiger partial charge on any atom is 0.336 e. The Bertz CT molecular complexity index is 1190. The number of methoxy groups -OCH3 is 2. The quantitative estimate of drug-likeness (QED) is 0.615. The Morgan fingerprint density at radius 2 is 1.76 bits per heavy atom. The third-order valence-corrected chi connectivity index (χ3v) is 6.58. The van der Waals surface area contributed by atoms with Crippen LogP contribution in [0.2, 0.25) is 0 Å². The molecule has 2 atom stereocenters. The van der Waals surface area contributed by atoms with Gasteiger partial charge >= 0.3 is 5.97 Å². The summed E-state index contributed by atoms with van der Waals surface area (Å²) in [6.45, 7) is 5.95. The smallest absolute Gasteiger partial charge is 0.336 e. The van der Waals surface area contributed by atoms with Crippen LogP contribution >= 0.6 is 0 Å². The number of Topliss-reactive ketones (excluding diaryl/α,β-unsaturated/α-hetero) is 1. The summed E-state index contributed by atoms with van der Waals surface area (Å²) in [4.78, 5) is 26.7. The summed E-state index contributed by atoms with van der Waals surface area (Å²) in [5.41, 5.74) is 5.78. The molecule has 0 saturated heterocycles. The Labute approximate surface area is 200 Å². The fraction of sp³-hybridized carbons (Fsp3) is 0.357. The number of carbonyl (C=O) groups excluding carboxylic acids is 2. The van der Waals surface area contributed by atoms with Gasteiger partial charge in [-0.05, 0) is 56.4 Å². The van der Waals surface area contributed by atoms with E-state index in [0.29, 0.717) is 35.5 Å². The molecule has 0 spiro atoms. The van der Waals surface area contributed by atoms with Crippen LogP contribution in [0.3, 0.4) is 0 Å². The van der Waals surface area contributed by atoms with Gasteiger partial charge in [-0.1, -0.05) is 35.9 Å². The Kier molecular flexibility index (Phi) is 6.77. The second-order valence-electron chi connectivity index (χ2n) is 8.77. The first-order valence-electron chi connectivity index (χ1n) is 11.6. The molecule has 34 heavy (non-hydrogen) atoms. The summed E-state index contributed by atoms with van der Waals surface area (Å²) < 4.78 is 16.2. The van der Waals surface area contributed by atoms with Crippen LogP contribution in [0.15, 0.2) is 65.0 Å². The first kappa shape index (κ1) is 23.6. The molecule has 2 aromatic carbocycles. The molecule has 0 radical (unpaired) electrons. The number of ether oxygens (including phenoxy) is 3. The average molecular weight is 462 g/mol. The first-order valence-corrected chi connectivity index (χ1v) is 11.6. The van der Waals surface area contributed by atoms with E-state index in [-0.39, 0.29) is 24.3 Å². The highest BCUT2D eigenvalue weighted by Gasteiger charge is 2.41. The van der Waals surface area contributed by atoms with Gasteiger partial charge < -0.3 is 19.5 Å². The molecule has 0 aromatic heterocycles. The van der Waals surface area contributed by atoms with Crippen molar-refractivity contribution >= 4 is 11.8 Å². The highest BCUT2D eigenvalue weighted by molar-refractivity contribution is 6.04. The van der Waals surface area contributed by atoms with Crippen LogP contribution in [0.1, 0.15) is 55.2 Å². The van der Waals surface area contributed by atoms with Gasteiger partial charge in [0.1, 0.15) is 0 Å². The van der Waals surface area contributed by atoms with Gasteiger partial charge in [-0.25, -0.2) is 4.79 Å². The number of dihydropyridines is 1. The van der Waals surface area contributed by atoms with E-state index in [1.165, 1.54) is 0 Å². The van der Waals surface area contributed by atoms with Gasteiger partial charge in [0.05, 0.1) is 26.4 Å². The molecule has 0 saturated carbocycles. The van der Waals surface area contributed by atoms with E-state index in [0.717, 1.165) is 28.1 Å². The van der Waals surface area contributed by atoms with Crippen LogP contribution in [-0.2, 0) is 14.3 Å². The predicted octanol–water partition coefficient (Wildman–Crippen LogP) is 4.94. The largest absolute Gasteiger partial charge is 0.493 e. The van der Waals surface area contributed by atoms with E-state index in [9.17, 15) is 9.59 Å². The van der Waals surface area contributed by atoms with Crippen LogP contribution in [0.25, 0.3) is 0 Å². The van der Waals surface area contributed by atoms with Gasteiger partial charge in [0.15, 0.2) is 17.3 Å². The molecule has 2 aromatic rings. The Morgan fingerprint density at radius 1 is 1.00 bits per heavy atom. The number of nitrogens with one attached hydrogen (secondary N) is 1. The summed E-state index contributed by atoms with van der Waals surface area (Å²) >= 11 is 0. The zero-order chi connectivity index (χ0) is 24.4. The van der Waals surface area contributed by atoms with Crippen LogP contribution < -0.4 is 14.8 Å². The first-order chi connectivity index (χ1) is 16.4. The molecule has 0 amide bonds. The number of aryl methyl sites for hydroxylation is 1. The third-order valence-electron chi connectivity index (χ3n) is 6.58. The van der Waals surface area contributed by atoms with E-state index in [4.69, 9.17) is 14.2 Å². The normalized spacial score (nSPS) is 20.0. The summed E-state index contributed by atoms with van der Waals surface area (Å²) in [7, 11) is 3.21.